The number of amides is 2. The molecule has 0 radical (unpaired) electrons. The predicted octanol–water partition coefficient (Wildman–Crippen LogP) is 0.928. The van der Waals surface area contributed by atoms with Crippen LogP contribution < -0.4 is 15.4 Å². The van der Waals surface area contributed by atoms with Gasteiger partial charge < -0.3 is 25.3 Å². The fourth-order valence-corrected chi connectivity index (χ4v) is 3.86. The first-order valence-corrected chi connectivity index (χ1v) is 12.9. The Morgan fingerprint density at radius 1 is 0.944 bits per heavy atom. The number of sulfonamides is 1. The molecule has 1 aromatic heterocycles. The van der Waals surface area contributed by atoms with Gasteiger partial charge in [-0.2, -0.15) is 4.98 Å². The molecule has 5 N–H and O–H groups in total. The maximum atomic E-state index is 12.8. The van der Waals surface area contributed by atoms with Gasteiger partial charge in [0.25, 0.3) is 11.8 Å². The second kappa shape index (κ2) is 11.8. The van der Waals surface area contributed by atoms with E-state index in [0.29, 0.717) is 5.56 Å². The summed E-state index contributed by atoms with van der Waals surface area (Å²) in [7, 11) is -3.66. The Bertz CT molecular complexity index is 1270. The number of aromatic nitrogens is 1. The Balaban J connectivity index is 1.74. The van der Waals surface area contributed by atoms with E-state index in [1.165, 1.54) is 6.92 Å². The minimum Gasteiger partial charge on any atom is -0.431 e. The zero-order valence-electron chi connectivity index (χ0n) is 19.7. The van der Waals surface area contributed by atoms with Crippen LogP contribution in [0.1, 0.15) is 33.3 Å². The van der Waals surface area contributed by atoms with Crippen molar-refractivity contribution in [1.29, 1.82) is 0 Å². The normalized spacial score (nSPS) is 14.8. The third kappa shape index (κ3) is 7.63. The molecule has 0 spiro atoms. The van der Waals surface area contributed by atoms with E-state index in [0.717, 1.165) is 18.1 Å². The molecule has 4 atom stereocenters. The van der Waals surface area contributed by atoms with Crippen LogP contribution >= 0.6 is 0 Å². The van der Waals surface area contributed by atoms with Gasteiger partial charge in [0.05, 0.1) is 18.3 Å². The third-order valence-corrected chi connectivity index (χ3v) is 5.84. The summed E-state index contributed by atoms with van der Waals surface area (Å²) in [5.74, 6) is -1.18. The van der Waals surface area contributed by atoms with Crippen molar-refractivity contribution in [3.8, 4) is 0 Å². The molecule has 2 amide bonds. The highest BCUT2D eigenvalue weighted by molar-refractivity contribution is 7.91. The smallest absolute Gasteiger partial charge is 0.309 e. The summed E-state index contributed by atoms with van der Waals surface area (Å²) >= 11 is 0. The Morgan fingerprint density at radius 3 is 2.17 bits per heavy atom. The fraction of sp³-hybridized carbons (Fsp3) is 0.292. The number of hydrogen-bond acceptors (Lipinski definition) is 8. The number of aliphatic hydroxyl groups is 2. The van der Waals surface area contributed by atoms with Crippen LogP contribution in [0.15, 0.2) is 71.3 Å². The molecular weight excluding hydrogens is 488 g/mol. The number of nitrogens with one attached hydrogen (secondary N) is 3. The second-order valence-corrected chi connectivity index (χ2v) is 10.0. The lowest BCUT2D eigenvalue weighted by Gasteiger charge is -2.31. The monoisotopic (exact) mass is 516 g/mol. The van der Waals surface area contributed by atoms with Crippen LogP contribution in [-0.4, -0.2) is 66.0 Å². The molecule has 3 aromatic rings. The molecule has 0 aliphatic carbocycles. The van der Waals surface area contributed by atoms with E-state index in [4.69, 9.17) is 4.42 Å². The van der Waals surface area contributed by atoms with Crippen molar-refractivity contribution in [3.05, 3.63) is 83.7 Å². The Morgan fingerprint density at radius 2 is 1.56 bits per heavy atom. The molecule has 36 heavy (non-hydrogen) atoms. The van der Waals surface area contributed by atoms with E-state index in [9.17, 15) is 28.2 Å². The maximum absolute atomic E-state index is 12.8. The van der Waals surface area contributed by atoms with E-state index in [1.54, 1.807) is 54.6 Å². The molecule has 2 aromatic carbocycles. The zero-order chi connectivity index (χ0) is 26.3. The van der Waals surface area contributed by atoms with Gasteiger partial charge in [-0.05, 0) is 31.0 Å². The van der Waals surface area contributed by atoms with E-state index in [2.05, 4.69) is 15.6 Å². The van der Waals surface area contributed by atoms with Crippen molar-refractivity contribution in [3.63, 3.8) is 0 Å². The summed E-state index contributed by atoms with van der Waals surface area (Å²) < 4.78 is 29.7. The quantitative estimate of drug-likeness (QED) is 0.250. The molecular formula is C24H28N4O7S. The summed E-state index contributed by atoms with van der Waals surface area (Å²) in [5, 5.41) is 27.1. The highest BCUT2D eigenvalue weighted by Crippen LogP contribution is 2.14. The number of anilines is 1. The number of oxazole rings is 1. The minimum absolute atomic E-state index is 0.149. The van der Waals surface area contributed by atoms with Crippen molar-refractivity contribution < 1.29 is 32.6 Å². The Kier molecular flexibility index (Phi) is 8.80. The first kappa shape index (κ1) is 26.9. The van der Waals surface area contributed by atoms with Crippen LogP contribution in [0, 0.1) is 0 Å². The SMILES string of the molecule is CC(NC(=O)c1ccccc1)C(O)C(O)C(Cc1ccccc1)NC(=O)c1coc(NS(C)(=O)=O)n1. The average Bonchev–Trinajstić information content (AvgIpc) is 3.30. The molecule has 3 rings (SSSR count). The standard InChI is InChI=1S/C24H28N4O7S/c1-15(25-22(31)17-11-7-4-8-12-17)20(29)21(30)18(13-16-9-5-3-6-10-16)26-23(32)19-14-35-24(27-19)28-36(2,33)34/h3-12,14-15,18,20-21,29-30H,13H2,1-2H3,(H,25,31)(H,26,32)(H,27,28). The Hall–Kier alpha value is -3.74. The zero-order valence-corrected chi connectivity index (χ0v) is 20.5. The summed E-state index contributed by atoms with van der Waals surface area (Å²) in [6.07, 6.45) is -0.903. The van der Waals surface area contributed by atoms with Gasteiger partial charge in [-0.3, -0.25) is 9.59 Å². The average molecular weight is 517 g/mol. The number of carbonyl (C=O) groups excluding carboxylic acids is 2. The molecule has 4 unspecified atom stereocenters. The van der Waals surface area contributed by atoms with Gasteiger partial charge in [-0.25, -0.2) is 13.1 Å². The summed E-state index contributed by atoms with van der Waals surface area (Å²) in [6, 6.07) is 15.2. The molecule has 0 fully saturated rings. The lowest BCUT2D eigenvalue weighted by Crippen LogP contribution is -2.55. The number of benzene rings is 2. The van der Waals surface area contributed by atoms with Crippen LogP contribution in [0.4, 0.5) is 6.01 Å². The lowest BCUT2D eigenvalue weighted by molar-refractivity contribution is -0.0188. The molecule has 0 aliphatic rings. The summed E-state index contributed by atoms with van der Waals surface area (Å²) in [5.41, 5.74) is 0.936. The van der Waals surface area contributed by atoms with Crippen LogP contribution in [0.3, 0.4) is 0 Å². The largest absolute Gasteiger partial charge is 0.431 e. The first-order valence-electron chi connectivity index (χ1n) is 11.0. The van der Waals surface area contributed by atoms with E-state index >= 15 is 0 Å². The van der Waals surface area contributed by atoms with Crippen LogP contribution in [0.25, 0.3) is 0 Å². The van der Waals surface area contributed by atoms with Gasteiger partial charge in [-0.1, -0.05) is 48.5 Å². The summed E-state index contributed by atoms with van der Waals surface area (Å²) in [6.45, 7) is 1.54. The third-order valence-electron chi connectivity index (χ3n) is 5.29. The topological polar surface area (TPSA) is 171 Å². The van der Waals surface area contributed by atoms with Gasteiger partial charge in [0, 0.05) is 5.56 Å². The molecule has 0 aliphatic heterocycles. The molecule has 0 saturated carbocycles. The number of carbonyl (C=O) groups is 2. The van der Waals surface area contributed by atoms with Gasteiger partial charge in [0.15, 0.2) is 5.69 Å². The Labute approximate surface area is 208 Å². The van der Waals surface area contributed by atoms with Gasteiger partial charge in [0.1, 0.15) is 18.5 Å². The highest BCUT2D eigenvalue weighted by Gasteiger charge is 2.33. The maximum Gasteiger partial charge on any atom is 0.309 e. The van der Waals surface area contributed by atoms with Crippen molar-refractivity contribution in [2.24, 2.45) is 0 Å². The molecule has 0 bridgehead atoms. The van der Waals surface area contributed by atoms with Crippen LogP contribution in [0.5, 0.6) is 0 Å². The minimum atomic E-state index is -3.66. The molecule has 12 heteroatoms. The molecule has 1 heterocycles. The van der Waals surface area contributed by atoms with E-state index in [1.807, 2.05) is 10.8 Å². The van der Waals surface area contributed by atoms with Crippen molar-refractivity contribution in [2.45, 2.75) is 37.6 Å². The van der Waals surface area contributed by atoms with E-state index < -0.39 is 46.1 Å². The molecule has 192 valence electrons. The number of aliphatic hydroxyl groups excluding tert-OH is 2. The molecule has 11 nitrogen and oxygen atoms in total. The van der Waals surface area contributed by atoms with Gasteiger partial charge in [-0.15, -0.1) is 0 Å². The van der Waals surface area contributed by atoms with Crippen molar-refractivity contribution in [2.75, 3.05) is 11.0 Å². The first-order chi connectivity index (χ1) is 17.0. The summed E-state index contributed by atoms with van der Waals surface area (Å²) in [4.78, 5) is 29.1. The predicted molar refractivity (Wildman–Crippen MR) is 132 cm³/mol. The molecule has 0 saturated heterocycles. The second-order valence-electron chi connectivity index (χ2n) is 8.29. The van der Waals surface area contributed by atoms with Crippen LogP contribution in [0.2, 0.25) is 0 Å². The van der Waals surface area contributed by atoms with Crippen molar-refractivity contribution >= 4 is 27.9 Å². The van der Waals surface area contributed by atoms with Gasteiger partial charge in [0.2, 0.25) is 10.0 Å². The fourth-order valence-electron chi connectivity index (χ4n) is 3.45. The van der Waals surface area contributed by atoms with E-state index in [-0.39, 0.29) is 18.1 Å². The van der Waals surface area contributed by atoms with Gasteiger partial charge >= 0.3 is 6.01 Å². The van der Waals surface area contributed by atoms with Crippen molar-refractivity contribution in [1.82, 2.24) is 15.6 Å². The number of nitrogens with zero attached hydrogens (tertiary/aromatic N) is 1. The van der Waals surface area contributed by atoms with Crippen LogP contribution in [-0.2, 0) is 16.4 Å². The highest BCUT2D eigenvalue weighted by atomic mass is 32.2. The lowest BCUT2D eigenvalue weighted by atomic mass is 9.94. The number of hydrogen-bond donors (Lipinski definition) is 5. The number of rotatable bonds is 11.